The normalized spacial score (nSPS) is 26.7. The van der Waals surface area contributed by atoms with Gasteiger partial charge in [-0.1, -0.05) is 0 Å². The van der Waals surface area contributed by atoms with E-state index < -0.39 is 0 Å². The summed E-state index contributed by atoms with van der Waals surface area (Å²) in [5.41, 5.74) is 0.0797. The van der Waals surface area contributed by atoms with Crippen molar-refractivity contribution in [3.63, 3.8) is 0 Å². The van der Waals surface area contributed by atoms with E-state index in [1.54, 1.807) is 0 Å². The third kappa shape index (κ3) is 3.44. The Morgan fingerprint density at radius 2 is 1.89 bits per heavy atom. The van der Waals surface area contributed by atoms with E-state index in [2.05, 4.69) is 23.9 Å². The lowest BCUT2D eigenvalue weighted by Crippen LogP contribution is -2.48. The Kier molecular flexibility index (Phi) is 5.01. The Hall–Kier alpha value is -0.160. The highest BCUT2D eigenvalue weighted by Gasteiger charge is 2.35. The molecule has 0 bridgehead atoms. The lowest BCUT2D eigenvalue weighted by molar-refractivity contribution is -0.0395. The minimum atomic E-state index is 0.0797. The minimum absolute atomic E-state index is 0.0797. The van der Waals surface area contributed by atoms with Gasteiger partial charge >= 0.3 is 0 Å². The van der Waals surface area contributed by atoms with Crippen LogP contribution in [0.3, 0.4) is 0 Å². The summed E-state index contributed by atoms with van der Waals surface area (Å²) >= 11 is 0. The standard InChI is InChI=1S/C14H28N2O2/c1-15-7-3-13(4-8-15)16(2)11-14(12-17)5-9-18-10-6-14/h13,17H,3-12H2,1-2H3. The second-order valence-electron chi connectivity index (χ2n) is 6.22. The van der Waals surface area contributed by atoms with Gasteiger partial charge in [-0.3, -0.25) is 0 Å². The van der Waals surface area contributed by atoms with Gasteiger partial charge in [-0.2, -0.15) is 0 Å². The zero-order chi connectivity index (χ0) is 13.0. The van der Waals surface area contributed by atoms with Gasteiger partial charge < -0.3 is 19.6 Å². The molecule has 4 nitrogen and oxygen atoms in total. The molecule has 0 atom stereocenters. The predicted molar refractivity (Wildman–Crippen MR) is 72.7 cm³/mol. The average molecular weight is 256 g/mol. The van der Waals surface area contributed by atoms with Gasteiger partial charge in [0.15, 0.2) is 0 Å². The minimum Gasteiger partial charge on any atom is -0.396 e. The molecule has 0 aromatic carbocycles. The van der Waals surface area contributed by atoms with Crippen LogP contribution < -0.4 is 0 Å². The molecule has 106 valence electrons. The van der Waals surface area contributed by atoms with Crippen LogP contribution in [0, 0.1) is 5.41 Å². The molecular formula is C14H28N2O2. The van der Waals surface area contributed by atoms with Crippen LogP contribution in [0.4, 0.5) is 0 Å². The SMILES string of the molecule is CN1CCC(N(C)CC2(CO)CCOCC2)CC1. The fourth-order valence-electron chi connectivity index (χ4n) is 3.26. The Morgan fingerprint density at radius 3 is 2.44 bits per heavy atom. The number of hydrogen-bond acceptors (Lipinski definition) is 4. The summed E-state index contributed by atoms with van der Waals surface area (Å²) < 4.78 is 5.43. The molecule has 2 aliphatic heterocycles. The summed E-state index contributed by atoms with van der Waals surface area (Å²) in [6.07, 6.45) is 4.51. The van der Waals surface area contributed by atoms with Gasteiger partial charge in [0, 0.05) is 31.2 Å². The molecule has 0 saturated carbocycles. The van der Waals surface area contributed by atoms with Crippen molar-refractivity contribution in [2.75, 3.05) is 53.6 Å². The van der Waals surface area contributed by atoms with Crippen LogP contribution in [0.5, 0.6) is 0 Å². The molecule has 2 aliphatic rings. The quantitative estimate of drug-likeness (QED) is 0.807. The topological polar surface area (TPSA) is 35.9 Å². The molecule has 18 heavy (non-hydrogen) atoms. The lowest BCUT2D eigenvalue weighted by Gasteiger charge is -2.42. The van der Waals surface area contributed by atoms with Crippen LogP contribution in [0.15, 0.2) is 0 Å². The second kappa shape index (κ2) is 6.33. The molecule has 0 aliphatic carbocycles. The predicted octanol–water partition coefficient (Wildman–Crippen LogP) is 0.802. The number of hydrogen-bond donors (Lipinski definition) is 1. The van der Waals surface area contributed by atoms with Crippen LogP contribution in [0.2, 0.25) is 0 Å². The van der Waals surface area contributed by atoms with Crippen LogP contribution in [0.25, 0.3) is 0 Å². The number of aliphatic hydroxyl groups is 1. The fourth-order valence-corrected chi connectivity index (χ4v) is 3.26. The second-order valence-corrected chi connectivity index (χ2v) is 6.22. The first-order chi connectivity index (χ1) is 8.65. The van der Waals surface area contributed by atoms with E-state index >= 15 is 0 Å². The largest absolute Gasteiger partial charge is 0.396 e. The molecule has 0 aromatic heterocycles. The molecule has 4 heteroatoms. The summed E-state index contributed by atoms with van der Waals surface area (Å²) in [5, 5.41) is 9.74. The van der Waals surface area contributed by atoms with E-state index in [-0.39, 0.29) is 5.41 Å². The zero-order valence-electron chi connectivity index (χ0n) is 11.9. The number of ether oxygens (including phenoxy) is 1. The Labute approximate surface area is 111 Å². The smallest absolute Gasteiger partial charge is 0.0501 e. The summed E-state index contributed by atoms with van der Waals surface area (Å²) in [6, 6.07) is 0.687. The van der Waals surface area contributed by atoms with Crippen LogP contribution in [-0.2, 0) is 4.74 Å². The maximum absolute atomic E-state index is 9.74. The zero-order valence-corrected chi connectivity index (χ0v) is 11.9. The van der Waals surface area contributed by atoms with Crippen LogP contribution in [0.1, 0.15) is 25.7 Å². The molecule has 2 rings (SSSR count). The highest BCUT2D eigenvalue weighted by molar-refractivity contribution is 4.87. The highest BCUT2D eigenvalue weighted by Crippen LogP contribution is 2.32. The molecule has 0 aromatic rings. The monoisotopic (exact) mass is 256 g/mol. The number of rotatable bonds is 4. The van der Waals surface area contributed by atoms with E-state index in [4.69, 9.17) is 4.74 Å². The van der Waals surface area contributed by atoms with Crippen molar-refractivity contribution >= 4 is 0 Å². The van der Waals surface area contributed by atoms with Crippen LogP contribution >= 0.6 is 0 Å². The van der Waals surface area contributed by atoms with Gasteiger partial charge in [-0.15, -0.1) is 0 Å². The number of aliphatic hydroxyl groups excluding tert-OH is 1. The summed E-state index contributed by atoms with van der Waals surface area (Å²) in [6.45, 7) is 5.33. The number of piperidine rings is 1. The molecule has 2 heterocycles. The Morgan fingerprint density at radius 1 is 1.28 bits per heavy atom. The van der Waals surface area contributed by atoms with Crippen molar-refractivity contribution in [3.8, 4) is 0 Å². The van der Waals surface area contributed by atoms with Gasteiger partial charge in [0.25, 0.3) is 0 Å². The molecule has 0 unspecified atom stereocenters. The molecular weight excluding hydrogens is 228 g/mol. The van der Waals surface area contributed by atoms with Gasteiger partial charge in [-0.05, 0) is 52.9 Å². The van der Waals surface area contributed by atoms with Crippen molar-refractivity contribution < 1.29 is 9.84 Å². The van der Waals surface area contributed by atoms with Crippen molar-refractivity contribution in [2.45, 2.75) is 31.7 Å². The molecule has 2 saturated heterocycles. The first-order valence-corrected chi connectivity index (χ1v) is 7.23. The summed E-state index contributed by atoms with van der Waals surface area (Å²) in [7, 11) is 4.42. The first-order valence-electron chi connectivity index (χ1n) is 7.23. The molecule has 2 fully saturated rings. The third-order valence-corrected chi connectivity index (χ3v) is 4.79. The van der Waals surface area contributed by atoms with E-state index in [0.29, 0.717) is 12.6 Å². The Balaban J connectivity index is 1.86. The maximum Gasteiger partial charge on any atom is 0.0501 e. The van der Waals surface area contributed by atoms with Crippen molar-refractivity contribution in [1.82, 2.24) is 9.80 Å². The maximum atomic E-state index is 9.74. The van der Waals surface area contributed by atoms with Crippen molar-refractivity contribution in [2.24, 2.45) is 5.41 Å². The van der Waals surface area contributed by atoms with Gasteiger partial charge in [-0.25, -0.2) is 0 Å². The average Bonchev–Trinajstić information content (AvgIpc) is 2.40. The van der Waals surface area contributed by atoms with Gasteiger partial charge in [0.1, 0.15) is 0 Å². The van der Waals surface area contributed by atoms with Crippen molar-refractivity contribution in [3.05, 3.63) is 0 Å². The molecule has 1 N–H and O–H groups in total. The van der Waals surface area contributed by atoms with E-state index in [0.717, 1.165) is 32.6 Å². The van der Waals surface area contributed by atoms with Crippen molar-refractivity contribution in [1.29, 1.82) is 0 Å². The third-order valence-electron chi connectivity index (χ3n) is 4.79. The van der Waals surface area contributed by atoms with E-state index in [1.807, 2.05) is 0 Å². The molecule has 0 radical (unpaired) electrons. The fraction of sp³-hybridized carbons (Fsp3) is 1.00. The summed E-state index contributed by atoms with van der Waals surface area (Å²) in [5.74, 6) is 0. The van der Waals surface area contributed by atoms with Gasteiger partial charge in [0.2, 0.25) is 0 Å². The highest BCUT2D eigenvalue weighted by atomic mass is 16.5. The van der Waals surface area contributed by atoms with E-state index in [1.165, 1.54) is 25.9 Å². The van der Waals surface area contributed by atoms with Gasteiger partial charge in [0.05, 0.1) is 6.61 Å². The molecule has 0 spiro atoms. The Bertz CT molecular complexity index is 246. The first kappa shape index (κ1) is 14.3. The molecule has 0 amide bonds. The number of likely N-dealkylation sites (tertiary alicyclic amines) is 1. The van der Waals surface area contributed by atoms with Crippen LogP contribution in [-0.4, -0.2) is 74.5 Å². The lowest BCUT2D eigenvalue weighted by atomic mass is 9.80. The number of nitrogens with zero attached hydrogens (tertiary/aromatic N) is 2. The summed E-state index contributed by atoms with van der Waals surface area (Å²) in [4.78, 5) is 4.88. The van der Waals surface area contributed by atoms with E-state index in [9.17, 15) is 5.11 Å².